The summed E-state index contributed by atoms with van der Waals surface area (Å²) >= 11 is 0. The van der Waals surface area contributed by atoms with E-state index in [2.05, 4.69) is 12.2 Å². The van der Waals surface area contributed by atoms with Crippen LogP contribution in [0.3, 0.4) is 0 Å². The van der Waals surface area contributed by atoms with Crippen LogP contribution in [0.5, 0.6) is 0 Å². The van der Waals surface area contributed by atoms with Crippen molar-refractivity contribution in [1.29, 1.82) is 0 Å². The molecule has 2 unspecified atom stereocenters. The van der Waals surface area contributed by atoms with Crippen molar-refractivity contribution in [2.75, 3.05) is 6.54 Å². The number of hydrogen-bond donors (Lipinski definition) is 1. The van der Waals surface area contributed by atoms with E-state index in [0.29, 0.717) is 5.92 Å². The lowest BCUT2D eigenvalue weighted by Gasteiger charge is -2.28. The zero-order valence-corrected chi connectivity index (χ0v) is 8.81. The van der Waals surface area contributed by atoms with E-state index in [-0.39, 0.29) is 5.91 Å². The van der Waals surface area contributed by atoms with E-state index >= 15 is 0 Å². The van der Waals surface area contributed by atoms with Gasteiger partial charge in [-0.05, 0) is 25.2 Å². The average Bonchev–Trinajstić information content (AvgIpc) is 2.09. The van der Waals surface area contributed by atoms with Crippen molar-refractivity contribution < 1.29 is 4.79 Å². The lowest BCUT2D eigenvalue weighted by molar-refractivity contribution is -0.122. The zero-order valence-electron chi connectivity index (χ0n) is 8.81. The Bertz CT molecular complexity index is 167. The number of amides is 1. The van der Waals surface area contributed by atoms with Crippen LogP contribution in [0.25, 0.3) is 0 Å². The minimum Gasteiger partial charge on any atom is -0.356 e. The fourth-order valence-electron chi connectivity index (χ4n) is 2.20. The predicted molar refractivity (Wildman–Crippen MR) is 54.4 cm³/mol. The number of rotatable bonds is 3. The molecule has 2 nitrogen and oxygen atoms in total. The highest BCUT2D eigenvalue weighted by Crippen LogP contribution is 2.31. The van der Waals surface area contributed by atoms with Gasteiger partial charge in [0.2, 0.25) is 5.91 Å². The monoisotopic (exact) mass is 183 g/mol. The molecule has 0 aromatic carbocycles. The number of hydrogen-bond acceptors (Lipinski definition) is 1. The van der Waals surface area contributed by atoms with E-state index in [1.165, 1.54) is 25.7 Å². The highest BCUT2D eigenvalue weighted by molar-refractivity contribution is 5.76. The maximum absolute atomic E-state index is 11.3. The summed E-state index contributed by atoms with van der Waals surface area (Å²) in [7, 11) is 0. The van der Waals surface area contributed by atoms with Gasteiger partial charge < -0.3 is 5.32 Å². The molecule has 0 heterocycles. The maximum Gasteiger partial charge on any atom is 0.220 e. The quantitative estimate of drug-likeness (QED) is 0.715. The summed E-state index contributed by atoms with van der Waals surface area (Å²) in [6.45, 7) is 5.02. The van der Waals surface area contributed by atoms with E-state index in [4.69, 9.17) is 0 Å². The van der Waals surface area contributed by atoms with Gasteiger partial charge in [0, 0.05) is 13.0 Å². The van der Waals surface area contributed by atoms with Crippen LogP contribution >= 0.6 is 0 Å². The van der Waals surface area contributed by atoms with E-state index in [1.54, 1.807) is 0 Å². The van der Waals surface area contributed by atoms with Gasteiger partial charge in [0.15, 0.2) is 0 Å². The minimum absolute atomic E-state index is 0.237. The summed E-state index contributed by atoms with van der Waals surface area (Å²) in [5.41, 5.74) is 0. The molecule has 1 rings (SSSR count). The van der Waals surface area contributed by atoms with Crippen molar-refractivity contribution in [3.63, 3.8) is 0 Å². The summed E-state index contributed by atoms with van der Waals surface area (Å²) in [6, 6.07) is 0. The molecule has 1 aliphatic carbocycles. The lowest BCUT2D eigenvalue weighted by Crippen LogP contribution is -2.28. The molecule has 13 heavy (non-hydrogen) atoms. The van der Waals surface area contributed by atoms with Crippen molar-refractivity contribution in [1.82, 2.24) is 5.32 Å². The second kappa shape index (κ2) is 5.25. The SMILES string of the molecule is CCNC(=O)CC1CCCCC1C. The lowest BCUT2D eigenvalue weighted by atomic mass is 9.78. The van der Waals surface area contributed by atoms with Gasteiger partial charge in [0.25, 0.3) is 0 Å². The van der Waals surface area contributed by atoms with Crippen LogP contribution in [0.4, 0.5) is 0 Å². The predicted octanol–water partition coefficient (Wildman–Crippen LogP) is 2.34. The topological polar surface area (TPSA) is 29.1 Å². The summed E-state index contributed by atoms with van der Waals surface area (Å²) in [5.74, 6) is 1.62. The molecule has 0 saturated heterocycles. The Hall–Kier alpha value is -0.530. The van der Waals surface area contributed by atoms with E-state index in [0.717, 1.165) is 18.9 Å². The Morgan fingerprint density at radius 3 is 2.69 bits per heavy atom. The van der Waals surface area contributed by atoms with Crippen LogP contribution in [0.2, 0.25) is 0 Å². The Morgan fingerprint density at radius 1 is 1.38 bits per heavy atom. The standard InChI is InChI=1S/C11H21NO/c1-3-12-11(13)8-10-7-5-4-6-9(10)2/h9-10H,3-8H2,1-2H3,(H,12,13). The first-order chi connectivity index (χ1) is 6.24. The van der Waals surface area contributed by atoms with Gasteiger partial charge in [0.1, 0.15) is 0 Å². The second-order valence-electron chi connectivity index (χ2n) is 4.18. The Kier molecular flexibility index (Phi) is 4.26. The molecule has 1 fully saturated rings. The van der Waals surface area contributed by atoms with E-state index < -0.39 is 0 Å². The molecular formula is C11H21NO. The highest BCUT2D eigenvalue weighted by atomic mass is 16.1. The van der Waals surface area contributed by atoms with Gasteiger partial charge in [-0.15, -0.1) is 0 Å². The first kappa shape index (κ1) is 10.6. The highest BCUT2D eigenvalue weighted by Gasteiger charge is 2.23. The molecular weight excluding hydrogens is 162 g/mol. The molecule has 1 aliphatic rings. The normalized spacial score (nSPS) is 28.5. The van der Waals surface area contributed by atoms with Gasteiger partial charge in [-0.3, -0.25) is 4.79 Å². The number of carbonyl (C=O) groups excluding carboxylic acids is 1. The fraction of sp³-hybridized carbons (Fsp3) is 0.909. The Morgan fingerprint density at radius 2 is 2.08 bits per heavy atom. The van der Waals surface area contributed by atoms with E-state index in [1.807, 2.05) is 6.92 Å². The van der Waals surface area contributed by atoms with Crippen LogP contribution in [0.1, 0.15) is 46.0 Å². The van der Waals surface area contributed by atoms with E-state index in [9.17, 15) is 4.79 Å². The first-order valence-corrected chi connectivity index (χ1v) is 5.50. The summed E-state index contributed by atoms with van der Waals surface area (Å²) in [5, 5.41) is 2.87. The van der Waals surface area contributed by atoms with Crippen LogP contribution in [-0.2, 0) is 4.79 Å². The van der Waals surface area contributed by atoms with Crippen molar-refractivity contribution in [2.45, 2.75) is 46.0 Å². The smallest absolute Gasteiger partial charge is 0.220 e. The second-order valence-corrected chi connectivity index (χ2v) is 4.18. The minimum atomic E-state index is 0.237. The molecule has 1 amide bonds. The van der Waals surface area contributed by atoms with Crippen LogP contribution < -0.4 is 5.32 Å². The molecule has 0 spiro atoms. The Labute approximate surface area is 81.1 Å². The molecule has 1 saturated carbocycles. The number of nitrogens with one attached hydrogen (secondary N) is 1. The van der Waals surface area contributed by atoms with Crippen molar-refractivity contribution in [2.24, 2.45) is 11.8 Å². The summed E-state index contributed by atoms with van der Waals surface area (Å²) in [6.07, 6.45) is 5.97. The third-order valence-electron chi connectivity index (χ3n) is 3.11. The van der Waals surface area contributed by atoms with Crippen molar-refractivity contribution >= 4 is 5.91 Å². The molecule has 0 aliphatic heterocycles. The third-order valence-corrected chi connectivity index (χ3v) is 3.11. The van der Waals surface area contributed by atoms with Gasteiger partial charge in [-0.2, -0.15) is 0 Å². The van der Waals surface area contributed by atoms with Gasteiger partial charge >= 0.3 is 0 Å². The van der Waals surface area contributed by atoms with Crippen molar-refractivity contribution in [3.05, 3.63) is 0 Å². The molecule has 2 heteroatoms. The average molecular weight is 183 g/mol. The molecule has 0 bridgehead atoms. The van der Waals surface area contributed by atoms with Gasteiger partial charge in [0.05, 0.1) is 0 Å². The largest absolute Gasteiger partial charge is 0.356 e. The van der Waals surface area contributed by atoms with Crippen LogP contribution in [-0.4, -0.2) is 12.5 Å². The van der Waals surface area contributed by atoms with Gasteiger partial charge in [-0.1, -0.05) is 26.2 Å². The first-order valence-electron chi connectivity index (χ1n) is 5.50. The van der Waals surface area contributed by atoms with Crippen LogP contribution in [0, 0.1) is 11.8 Å². The summed E-state index contributed by atoms with van der Waals surface area (Å²) < 4.78 is 0. The van der Waals surface area contributed by atoms with Crippen LogP contribution in [0.15, 0.2) is 0 Å². The summed E-state index contributed by atoms with van der Waals surface area (Å²) in [4.78, 5) is 11.3. The zero-order chi connectivity index (χ0) is 9.68. The fourth-order valence-corrected chi connectivity index (χ4v) is 2.20. The molecule has 0 radical (unpaired) electrons. The molecule has 1 N–H and O–H groups in total. The molecule has 76 valence electrons. The van der Waals surface area contributed by atoms with Crippen molar-refractivity contribution in [3.8, 4) is 0 Å². The van der Waals surface area contributed by atoms with Gasteiger partial charge in [-0.25, -0.2) is 0 Å². The number of carbonyl (C=O) groups is 1. The Balaban J connectivity index is 2.29. The molecule has 0 aromatic rings. The molecule has 2 atom stereocenters. The maximum atomic E-state index is 11.3. The molecule has 0 aromatic heterocycles. The third kappa shape index (κ3) is 3.37.